The lowest BCUT2D eigenvalue weighted by Gasteiger charge is -2.04. The number of nitrogens with two attached hydrogens (primary N) is 2. The smallest absolute Gasteiger partial charge is 0.251 e. The maximum absolute atomic E-state index is 11.5. The number of nitrogens with one attached hydrogen (secondary N) is 1. The lowest BCUT2D eigenvalue weighted by atomic mass is 10.1. The third-order valence-corrected chi connectivity index (χ3v) is 2.10. The third kappa shape index (κ3) is 3.36. The molecule has 0 fully saturated rings. The van der Waals surface area contributed by atoms with E-state index < -0.39 is 5.91 Å². The van der Waals surface area contributed by atoms with Crippen LogP contribution in [-0.2, 0) is 0 Å². The highest BCUT2D eigenvalue weighted by molar-refractivity contribution is 5.97. The number of hydrogen-bond acceptors (Lipinski definition) is 3. The van der Waals surface area contributed by atoms with Crippen molar-refractivity contribution in [2.45, 2.75) is 6.42 Å². The minimum atomic E-state index is -0.505. The summed E-state index contributed by atoms with van der Waals surface area (Å²) < 4.78 is 0. The zero-order valence-corrected chi connectivity index (χ0v) is 8.90. The van der Waals surface area contributed by atoms with Gasteiger partial charge in [-0.1, -0.05) is 0 Å². The van der Waals surface area contributed by atoms with Gasteiger partial charge in [-0.05, 0) is 37.2 Å². The molecule has 0 aromatic heterocycles. The third-order valence-electron chi connectivity index (χ3n) is 2.10. The number of rotatable bonds is 5. The Balaban J connectivity index is 2.59. The van der Waals surface area contributed by atoms with Gasteiger partial charge >= 0.3 is 0 Å². The van der Waals surface area contributed by atoms with E-state index in [1.165, 1.54) is 12.1 Å². The molecule has 0 spiro atoms. The van der Waals surface area contributed by atoms with Crippen molar-refractivity contribution in [1.82, 2.24) is 5.32 Å². The normalized spacial score (nSPS) is 9.81. The summed E-state index contributed by atoms with van der Waals surface area (Å²) in [6.07, 6.45) is 0.741. The van der Waals surface area contributed by atoms with Crippen molar-refractivity contribution in [2.24, 2.45) is 11.5 Å². The summed E-state index contributed by atoms with van der Waals surface area (Å²) in [6, 6.07) is 6.19. The van der Waals surface area contributed by atoms with Gasteiger partial charge in [-0.15, -0.1) is 0 Å². The van der Waals surface area contributed by atoms with Crippen LogP contribution < -0.4 is 16.8 Å². The van der Waals surface area contributed by atoms with E-state index in [1.807, 2.05) is 0 Å². The molecule has 0 saturated carbocycles. The second-order valence-corrected chi connectivity index (χ2v) is 3.34. The average molecular weight is 221 g/mol. The first-order valence-corrected chi connectivity index (χ1v) is 5.03. The molecule has 0 heterocycles. The van der Waals surface area contributed by atoms with Gasteiger partial charge in [0.2, 0.25) is 5.91 Å². The van der Waals surface area contributed by atoms with Crippen molar-refractivity contribution in [3.05, 3.63) is 35.4 Å². The van der Waals surface area contributed by atoms with Gasteiger partial charge in [-0.25, -0.2) is 0 Å². The second-order valence-electron chi connectivity index (χ2n) is 3.34. The van der Waals surface area contributed by atoms with Crippen LogP contribution >= 0.6 is 0 Å². The average Bonchev–Trinajstić information content (AvgIpc) is 2.29. The minimum absolute atomic E-state index is 0.176. The second kappa shape index (κ2) is 5.87. The van der Waals surface area contributed by atoms with E-state index in [0.717, 1.165) is 6.42 Å². The molecule has 1 aromatic rings. The Morgan fingerprint density at radius 1 is 1.12 bits per heavy atom. The van der Waals surface area contributed by atoms with Crippen LogP contribution in [0.25, 0.3) is 0 Å². The van der Waals surface area contributed by atoms with Crippen LogP contribution in [0, 0.1) is 0 Å². The van der Waals surface area contributed by atoms with Crippen LogP contribution in [0.3, 0.4) is 0 Å². The highest BCUT2D eigenvalue weighted by Gasteiger charge is 2.05. The Morgan fingerprint density at radius 2 is 1.69 bits per heavy atom. The van der Waals surface area contributed by atoms with E-state index in [-0.39, 0.29) is 5.91 Å². The van der Waals surface area contributed by atoms with E-state index in [9.17, 15) is 9.59 Å². The number of hydrogen-bond donors (Lipinski definition) is 3. The van der Waals surface area contributed by atoms with Crippen LogP contribution in [-0.4, -0.2) is 24.9 Å². The van der Waals surface area contributed by atoms with Gasteiger partial charge in [0, 0.05) is 17.7 Å². The van der Waals surface area contributed by atoms with Gasteiger partial charge in [0.15, 0.2) is 0 Å². The number of carbonyl (C=O) groups excluding carboxylic acids is 2. The first kappa shape index (κ1) is 12.2. The topological polar surface area (TPSA) is 98.2 Å². The molecular formula is C11H15N3O2. The molecule has 0 saturated heterocycles. The van der Waals surface area contributed by atoms with E-state index >= 15 is 0 Å². The summed E-state index contributed by atoms with van der Waals surface area (Å²) >= 11 is 0. The fourth-order valence-corrected chi connectivity index (χ4v) is 1.19. The van der Waals surface area contributed by atoms with Crippen molar-refractivity contribution in [2.75, 3.05) is 13.1 Å². The largest absolute Gasteiger partial charge is 0.366 e. The SMILES string of the molecule is NCCCNC(=O)c1ccc(C(N)=O)cc1. The van der Waals surface area contributed by atoms with Crippen molar-refractivity contribution < 1.29 is 9.59 Å². The molecule has 86 valence electrons. The molecule has 0 unspecified atom stereocenters. The molecule has 1 rings (SSSR count). The maximum atomic E-state index is 11.5. The summed E-state index contributed by atoms with van der Waals surface area (Å²) in [7, 11) is 0. The molecule has 0 atom stereocenters. The summed E-state index contributed by atoms with van der Waals surface area (Å²) in [4.78, 5) is 22.3. The Labute approximate surface area is 93.8 Å². The van der Waals surface area contributed by atoms with Crippen LogP contribution in [0.5, 0.6) is 0 Å². The highest BCUT2D eigenvalue weighted by atomic mass is 16.2. The summed E-state index contributed by atoms with van der Waals surface area (Å²) in [5.41, 5.74) is 11.3. The first-order chi connectivity index (χ1) is 7.65. The van der Waals surface area contributed by atoms with Crippen LogP contribution in [0.2, 0.25) is 0 Å². The van der Waals surface area contributed by atoms with Gasteiger partial charge in [-0.2, -0.15) is 0 Å². The molecule has 1 aromatic carbocycles. The monoisotopic (exact) mass is 221 g/mol. The standard InChI is InChI=1S/C11H15N3O2/c12-6-1-7-14-11(16)9-4-2-8(3-5-9)10(13)15/h2-5H,1,6-7,12H2,(H2,13,15)(H,14,16). The van der Waals surface area contributed by atoms with Crippen LogP contribution in [0.4, 0.5) is 0 Å². The number of benzene rings is 1. The van der Waals surface area contributed by atoms with Gasteiger partial charge < -0.3 is 16.8 Å². The molecule has 0 radical (unpaired) electrons. The van der Waals surface area contributed by atoms with Crippen LogP contribution in [0.1, 0.15) is 27.1 Å². The van der Waals surface area contributed by atoms with Gasteiger partial charge in [0.25, 0.3) is 5.91 Å². The zero-order chi connectivity index (χ0) is 12.0. The van der Waals surface area contributed by atoms with E-state index in [4.69, 9.17) is 11.5 Å². The fourth-order valence-electron chi connectivity index (χ4n) is 1.19. The van der Waals surface area contributed by atoms with Crippen molar-refractivity contribution in [3.8, 4) is 0 Å². The molecular weight excluding hydrogens is 206 g/mol. The summed E-state index contributed by atoms with van der Waals surface area (Å²) in [6.45, 7) is 1.09. The molecule has 2 amide bonds. The predicted molar refractivity (Wildman–Crippen MR) is 61.0 cm³/mol. The first-order valence-electron chi connectivity index (χ1n) is 5.03. The Hall–Kier alpha value is -1.88. The van der Waals surface area contributed by atoms with E-state index in [1.54, 1.807) is 12.1 Å². The quantitative estimate of drug-likeness (QED) is 0.604. The maximum Gasteiger partial charge on any atom is 0.251 e. The van der Waals surface area contributed by atoms with Gasteiger partial charge in [0.1, 0.15) is 0 Å². The molecule has 0 bridgehead atoms. The van der Waals surface area contributed by atoms with E-state index in [0.29, 0.717) is 24.2 Å². The summed E-state index contributed by atoms with van der Waals surface area (Å²) in [5, 5.41) is 2.71. The van der Waals surface area contributed by atoms with Crippen molar-refractivity contribution >= 4 is 11.8 Å². The lowest BCUT2D eigenvalue weighted by Crippen LogP contribution is -2.26. The molecule has 5 N–H and O–H groups in total. The van der Waals surface area contributed by atoms with Gasteiger partial charge in [0.05, 0.1) is 0 Å². The fraction of sp³-hybridized carbons (Fsp3) is 0.273. The molecule has 16 heavy (non-hydrogen) atoms. The summed E-state index contributed by atoms with van der Waals surface area (Å²) in [5.74, 6) is -0.681. The van der Waals surface area contributed by atoms with Crippen molar-refractivity contribution in [3.63, 3.8) is 0 Å². The lowest BCUT2D eigenvalue weighted by molar-refractivity contribution is 0.0950. The van der Waals surface area contributed by atoms with Crippen molar-refractivity contribution in [1.29, 1.82) is 0 Å². The molecule has 5 heteroatoms. The molecule has 0 aliphatic rings. The Bertz CT molecular complexity index is 373. The number of carbonyl (C=O) groups is 2. The molecule has 0 aliphatic carbocycles. The highest BCUT2D eigenvalue weighted by Crippen LogP contribution is 2.03. The Kier molecular flexibility index (Phi) is 4.47. The number of amides is 2. The van der Waals surface area contributed by atoms with Crippen LogP contribution in [0.15, 0.2) is 24.3 Å². The minimum Gasteiger partial charge on any atom is -0.366 e. The van der Waals surface area contributed by atoms with E-state index in [2.05, 4.69) is 5.32 Å². The Morgan fingerprint density at radius 3 is 2.19 bits per heavy atom. The predicted octanol–water partition coefficient (Wildman–Crippen LogP) is -0.136. The van der Waals surface area contributed by atoms with Gasteiger partial charge in [-0.3, -0.25) is 9.59 Å². The molecule has 0 aliphatic heterocycles. The number of primary amides is 1. The zero-order valence-electron chi connectivity index (χ0n) is 8.90. The molecule has 5 nitrogen and oxygen atoms in total.